The summed E-state index contributed by atoms with van der Waals surface area (Å²) in [6, 6.07) is 23.7. The molecule has 3 aromatic rings. The predicted molar refractivity (Wildman–Crippen MR) is 119 cm³/mol. The fourth-order valence-corrected chi connectivity index (χ4v) is 4.17. The van der Waals surface area contributed by atoms with E-state index in [1.165, 1.54) is 5.69 Å². The van der Waals surface area contributed by atoms with Gasteiger partial charge >= 0.3 is 0 Å². The van der Waals surface area contributed by atoms with Crippen LogP contribution in [0, 0.1) is 0 Å². The summed E-state index contributed by atoms with van der Waals surface area (Å²) in [4.78, 5) is 43.5. The second kappa shape index (κ2) is 7.72. The van der Waals surface area contributed by atoms with Crippen LogP contribution in [0.15, 0.2) is 78.9 Å². The number of fused-ring (bicyclic) bond motifs is 1. The summed E-state index contributed by atoms with van der Waals surface area (Å²) in [6.45, 7) is 2.85. The molecule has 154 valence electrons. The molecule has 6 nitrogen and oxygen atoms in total. The van der Waals surface area contributed by atoms with Crippen molar-refractivity contribution in [3.05, 3.63) is 95.6 Å². The van der Waals surface area contributed by atoms with Gasteiger partial charge in [0.25, 0.3) is 17.7 Å². The van der Waals surface area contributed by atoms with Crippen LogP contribution in [0.2, 0.25) is 0 Å². The topological polar surface area (TPSA) is 60.9 Å². The summed E-state index contributed by atoms with van der Waals surface area (Å²) >= 11 is 0. The SMILES string of the molecule is O=C(c1ccc(N2C(=O)c3ccccc3C2=O)cc1)N1CCN(c2ccccc2)CC1. The van der Waals surface area contributed by atoms with E-state index in [1.54, 1.807) is 48.5 Å². The van der Waals surface area contributed by atoms with Crippen LogP contribution in [0.4, 0.5) is 11.4 Å². The summed E-state index contributed by atoms with van der Waals surface area (Å²) in [6.07, 6.45) is 0. The Morgan fingerprint density at radius 1 is 0.613 bits per heavy atom. The smallest absolute Gasteiger partial charge is 0.266 e. The van der Waals surface area contributed by atoms with Crippen molar-refractivity contribution >= 4 is 29.1 Å². The van der Waals surface area contributed by atoms with Gasteiger partial charge < -0.3 is 9.80 Å². The summed E-state index contributed by atoms with van der Waals surface area (Å²) < 4.78 is 0. The van der Waals surface area contributed by atoms with E-state index in [9.17, 15) is 14.4 Å². The number of anilines is 2. The lowest BCUT2D eigenvalue weighted by Crippen LogP contribution is -2.48. The van der Waals surface area contributed by atoms with Gasteiger partial charge in [0.2, 0.25) is 0 Å². The van der Waals surface area contributed by atoms with Gasteiger partial charge in [0.15, 0.2) is 0 Å². The molecule has 0 bridgehead atoms. The quantitative estimate of drug-likeness (QED) is 0.620. The molecule has 0 N–H and O–H groups in total. The van der Waals surface area contributed by atoms with E-state index in [2.05, 4.69) is 17.0 Å². The van der Waals surface area contributed by atoms with Crippen molar-refractivity contribution in [1.82, 2.24) is 4.90 Å². The number of para-hydroxylation sites is 1. The number of hydrogen-bond acceptors (Lipinski definition) is 4. The second-order valence-electron chi connectivity index (χ2n) is 7.65. The Morgan fingerprint density at radius 3 is 1.74 bits per heavy atom. The molecular weight excluding hydrogens is 390 g/mol. The maximum absolute atomic E-state index is 12.9. The van der Waals surface area contributed by atoms with Crippen molar-refractivity contribution in [2.24, 2.45) is 0 Å². The van der Waals surface area contributed by atoms with Crippen LogP contribution < -0.4 is 9.80 Å². The molecule has 2 aliphatic rings. The van der Waals surface area contributed by atoms with Crippen LogP contribution in [-0.2, 0) is 0 Å². The van der Waals surface area contributed by atoms with Crippen molar-refractivity contribution in [2.45, 2.75) is 0 Å². The third-order valence-electron chi connectivity index (χ3n) is 5.85. The predicted octanol–water partition coefficient (Wildman–Crippen LogP) is 3.45. The maximum atomic E-state index is 12.9. The molecule has 2 aliphatic heterocycles. The van der Waals surface area contributed by atoms with E-state index in [0.717, 1.165) is 18.0 Å². The lowest BCUT2D eigenvalue weighted by atomic mass is 10.1. The lowest BCUT2D eigenvalue weighted by molar-refractivity contribution is 0.0746. The largest absolute Gasteiger partial charge is 0.368 e. The lowest BCUT2D eigenvalue weighted by Gasteiger charge is -2.36. The average molecular weight is 411 g/mol. The molecule has 5 rings (SSSR count). The first-order valence-electron chi connectivity index (χ1n) is 10.3. The third kappa shape index (κ3) is 3.36. The fourth-order valence-electron chi connectivity index (χ4n) is 4.17. The highest BCUT2D eigenvalue weighted by molar-refractivity contribution is 6.34. The zero-order valence-corrected chi connectivity index (χ0v) is 16.9. The van der Waals surface area contributed by atoms with E-state index in [-0.39, 0.29) is 17.7 Å². The number of benzene rings is 3. The Morgan fingerprint density at radius 2 is 1.16 bits per heavy atom. The number of nitrogens with zero attached hydrogens (tertiary/aromatic N) is 3. The van der Waals surface area contributed by atoms with Gasteiger partial charge in [0.05, 0.1) is 16.8 Å². The number of piperazine rings is 1. The number of carbonyl (C=O) groups is 3. The van der Waals surface area contributed by atoms with Crippen LogP contribution in [0.1, 0.15) is 31.1 Å². The van der Waals surface area contributed by atoms with Crippen LogP contribution >= 0.6 is 0 Å². The standard InChI is InChI=1S/C25H21N3O3/c29-23(27-16-14-26(15-17-27)19-6-2-1-3-7-19)18-10-12-20(13-11-18)28-24(30)21-8-4-5-9-22(21)25(28)31/h1-13H,14-17H2. The number of rotatable bonds is 3. The van der Waals surface area contributed by atoms with Crippen LogP contribution in [0.3, 0.4) is 0 Å². The molecule has 0 aliphatic carbocycles. The van der Waals surface area contributed by atoms with E-state index in [0.29, 0.717) is 35.5 Å². The highest BCUT2D eigenvalue weighted by Gasteiger charge is 2.36. The Labute approximate surface area is 180 Å². The van der Waals surface area contributed by atoms with E-state index in [1.807, 2.05) is 23.1 Å². The number of amides is 3. The Kier molecular flexibility index (Phi) is 4.75. The van der Waals surface area contributed by atoms with Gasteiger partial charge in [-0.2, -0.15) is 0 Å². The van der Waals surface area contributed by atoms with Gasteiger partial charge in [-0.25, -0.2) is 4.90 Å². The molecule has 0 radical (unpaired) electrons. The molecule has 0 atom stereocenters. The van der Waals surface area contributed by atoms with Crippen LogP contribution in [-0.4, -0.2) is 48.8 Å². The molecule has 2 heterocycles. The van der Waals surface area contributed by atoms with Gasteiger partial charge in [-0.05, 0) is 48.5 Å². The summed E-state index contributed by atoms with van der Waals surface area (Å²) in [5, 5.41) is 0. The first-order valence-corrected chi connectivity index (χ1v) is 10.3. The first kappa shape index (κ1) is 19.1. The summed E-state index contributed by atoms with van der Waals surface area (Å²) in [7, 11) is 0. The number of carbonyl (C=O) groups excluding carboxylic acids is 3. The molecular formula is C25H21N3O3. The molecule has 3 aromatic carbocycles. The number of imide groups is 1. The zero-order valence-electron chi connectivity index (χ0n) is 16.9. The normalized spacial score (nSPS) is 15.9. The molecule has 0 aromatic heterocycles. The minimum atomic E-state index is -0.336. The minimum absolute atomic E-state index is 0.0402. The molecule has 0 spiro atoms. The molecule has 6 heteroatoms. The van der Waals surface area contributed by atoms with Gasteiger partial charge in [-0.3, -0.25) is 14.4 Å². The van der Waals surface area contributed by atoms with Gasteiger partial charge in [0.1, 0.15) is 0 Å². The molecule has 1 fully saturated rings. The van der Waals surface area contributed by atoms with E-state index in [4.69, 9.17) is 0 Å². The average Bonchev–Trinajstić information content (AvgIpc) is 3.09. The molecule has 31 heavy (non-hydrogen) atoms. The molecule has 3 amide bonds. The van der Waals surface area contributed by atoms with Crippen molar-refractivity contribution in [3.63, 3.8) is 0 Å². The van der Waals surface area contributed by atoms with E-state index >= 15 is 0 Å². The maximum Gasteiger partial charge on any atom is 0.266 e. The Hall–Kier alpha value is -3.93. The first-order chi connectivity index (χ1) is 15.1. The second-order valence-corrected chi connectivity index (χ2v) is 7.65. The van der Waals surface area contributed by atoms with Crippen LogP contribution in [0.25, 0.3) is 0 Å². The summed E-state index contributed by atoms with van der Waals surface area (Å²) in [5.74, 6) is -0.713. The molecule has 0 saturated carbocycles. The fraction of sp³-hybridized carbons (Fsp3) is 0.160. The highest BCUT2D eigenvalue weighted by Crippen LogP contribution is 2.28. The number of hydrogen-bond donors (Lipinski definition) is 0. The van der Waals surface area contributed by atoms with Crippen molar-refractivity contribution in [3.8, 4) is 0 Å². The minimum Gasteiger partial charge on any atom is -0.368 e. The van der Waals surface area contributed by atoms with Gasteiger partial charge in [0, 0.05) is 37.4 Å². The van der Waals surface area contributed by atoms with Crippen molar-refractivity contribution in [2.75, 3.05) is 36.0 Å². The van der Waals surface area contributed by atoms with Crippen LogP contribution in [0.5, 0.6) is 0 Å². The Bertz CT molecular complexity index is 1120. The van der Waals surface area contributed by atoms with Gasteiger partial charge in [-0.1, -0.05) is 30.3 Å². The van der Waals surface area contributed by atoms with Crippen molar-refractivity contribution < 1.29 is 14.4 Å². The Balaban J connectivity index is 1.27. The molecule has 1 saturated heterocycles. The van der Waals surface area contributed by atoms with E-state index < -0.39 is 0 Å². The summed E-state index contributed by atoms with van der Waals surface area (Å²) in [5.41, 5.74) is 3.00. The molecule has 0 unspecified atom stereocenters. The monoisotopic (exact) mass is 411 g/mol. The zero-order chi connectivity index (χ0) is 21.4. The highest BCUT2D eigenvalue weighted by atomic mass is 16.2. The van der Waals surface area contributed by atoms with Crippen molar-refractivity contribution in [1.29, 1.82) is 0 Å². The third-order valence-corrected chi connectivity index (χ3v) is 5.85. The van der Waals surface area contributed by atoms with Gasteiger partial charge in [-0.15, -0.1) is 0 Å².